The summed E-state index contributed by atoms with van der Waals surface area (Å²) in [6.07, 6.45) is 7.00. The molecular formula is C26H27N5O2. The first-order chi connectivity index (χ1) is 16.1. The number of anilines is 2. The summed E-state index contributed by atoms with van der Waals surface area (Å²) in [6, 6.07) is 15.8. The highest BCUT2D eigenvalue weighted by Gasteiger charge is 2.23. The summed E-state index contributed by atoms with van der Waals surface area (Å²) in [5.41, 5.74) is 9.17. The van der Waals surface area contributed by atoms with Crippen LogP contribution in [-0.2, 0) is 0 Å². The Morgan fingerprint density at radius 3 is 2.70 bits per heavy atom. The quantitative estimate of drug-likeness (QED) is 0.396. The van der Waals surface area contributed by atoms with Crippen LogP contribution >= 0.6 is 0 Å². The minimum atomic E-state index is -0.327. The van der Waals surface area contributed by atoms with Gasteiger partial charge in [0.2, 0.25) is 11.8 Å². The minimum Gasteiger partial charge on any atom is -0.437 e. The van der Waals surface area contributed by atoms with Gasteiger partial charge in [0.25, 0.3) is 0 Å². The molecule has 4 N–H and O–H groups in total. The van der Waals surface area contributed by atoms with Gasteiger partial charge in [-0.3, -0.25) is 0 Å². The molecule has 0 aliphatic heterocycles. The molecule has 1 aliphatic rings. The first kappa shape index (κ1) is 21.2. The highest BCUT2D eigenvalue weighted by molar-refractivity contribution is 5.98. The Labute approximate surface area is 192 Å². The van der Waals surface area contributed by atoms with Crippen molar-refractivity contribution in [2.75, 3.05) is 11.1 Å². The van der Waals surface area contributed by atoms with Crippen LogP contribution in [0.4, 0.5) is 11.6 Å². The number of aromatic nitrogens is 3. The zero-order valence-electron chi connectivity index (χ0n) is 18.5. The molecular weight excluding hydrogens is 414 g/mol. The Morgan fingerprint density at radius 1 is 0.970 bits per heavy atom. The standard InChI is InChI=1S/C26H27N5O2/c1-16-11-12-17-18(6-4-9-20(17)30-22-8-2-3-10-23(22)32)24(16)33-25-19(7-5-14-28-25)21-13-15-29-26(27)31-21/h4-7,9,11-15,22-23,30,32H,2-3,8,10H2,1H3,(H2,27,29,31). The third-order valence-electron chi connectivity index (χ3n) is 6.20. The van der Waals surface area contributed by atoms with E-state index in [0.717, 1.165) is 59.0 Å². The fourth-order valence-corrected chi connectivity index (χ4v) is 4.47. The van der Waals surface area contributed by atoms with Gasteiger partial charge in [0.15, 0.2) is 0 Å². The van der Waals surface area contributed by atoms with E-state index < -0.39 is 0 Å². The van der Waals surface area contributed by atoms with Crippen LogP contribution in [0.15, 0.2) is 60.9 Å². The van der Waals surface area contributed by atoms with Crippen molar-refractivity contribution in [2.24, 2.45) is 0 Å². The van der Waals surface area contributed by atoms with Crippen molar-refractivity contribution in [1.82, 2.24) is 15.0 Å². The van der Waals surface area contributed by atoms with Crippen LogP contribution in [0.3, 0.4) is 0 Å². The number of aliphatic hydroxyl groups is 1. The molecule has 1 aliphatic carbocycles. The first-order valence-electron chi connectivity index (χ1n) is 11.3. The number of pyridine rings is 1. The SMILES string of the molecule is Cc1ccc2c(NC3CCCCC3O)cccc2c1Oc1ncccc1-c1ccnc(N)n1. The maximum Gasteiger partial charge on any atom is 0.228 e. The van der Waals surface area contributed by atoms with Crippen molar-refractivity contribution in [3.05, 3.63) is 66.5 Å². The number of rotatable bonds is 5. The number of fused-ring (bicyclic) bond motifs is 1. The summed E-state index contributed by atoms with van der Waals surface area (Å²) in [5.74, 6) is 1.39. The second-order valence-electron chi connectivity index (χ2n) is 8.47. The fraction of sp³-hybridized carbons (Fsp3) is 0.269. The highest BCUT2D eigenvalue weighted by atomic mass is 16.5. The van der Waals surface area contributed by atoms with Gasteiger partial charge in [-0.15, -0.1) is 0 Å². The van der Waals surface area contributed by atoms with Crippen LogP contribution in [0.5, 0.6) is 11.6 Å². The zero-order chi connectivity index (χ0) is 22.8. The van der Waals surface area contributed by atoms with Crippen molar-refractivity contribution in [3.63, 3.8) is 0 Å². The average Bonchev–Trinajstić information content (AvgIpc) is 2.83. The molecule has 5 rings (SSSR count). The average molecular weight is 442 g/mol. The summed E-state index contributed by atoms with van der Waals surface area (Å²) >= 11 is 0. The minimum absolute atomic E-state index is 0.0561. The summed E-state index contributed by atoms with van der Waals surface area (Å²) < 4.78 is 6.42. The van der Waals surface area contributed by atoms with Gasteiger partial charge in [-0.1, -0.05) is 37.1 Å². The lowest BCUT2D eigenvalue weighted by molar-refractivity contribution is 0.116. The van der Waals surface area contributed by atoms with E-state index in [4.69, 9.17) is 10.5 Å². The largest absolute Gasteiger partial charge is 0.437 e. The predicted octanol–water partition coefficient (Wildman–Crippen LogP) is 5.09. The number of nitrogens with one attached hydrogen (secondary N) is 1. The normalized spacial score (nSPS) is 18.2. The number of nitrogen functional groups attached to an aromatic ring is 1. The van der Waals surface area contributed by atoms with Crippen LogP contribution < -0.4 is 15.8 Å². The summed E-state index contributed by atoms with van der Waals surface area (Å²) in [7, 11) is 0. The molecule has 0 amide bonds. The van der Waals surface area contributed by atoms with E-state index in [9.17, 15) is 5.11 Å². The Bertz CT molecular complexity index is 1290. The van der Waals surface area contributed by atoms with Gasteiger partial charge >= 0.3 is 0 Å². The van der Waals surface area contributed by atoms with Crippen molar-refractivity contribution in [1.29, 1.82) is 0 Å². The second-order valence-corrected chi connectivity index (χ2v) is 8.47. The molecule has 7 heteroatoms. The zero-order valence-corrected chi connectivity index (χ0v) is 18.5. The first-order valence-corrected chi connectivity index (χ1v) is 11.3. The second kappa shape index (κ2) is 9.03. The molecule has 33 heavy (non-hydrogen) atoms. The van der Waals surface area contributed by atoms with Crippen molar-refractivity contribution >= 4 is 22.4 Å². The lowest BCUT2D eigenvalue weighted by atomic mass is 9.92. The summed E-state index contributed by atoms with van der Waals surface area (Å²) in [6.45, 7) is 2.02. The summed E-state index contributed by atoms with van der Waals surface area (Å²) in [4.78, 5) is 12.8. The molecule has 4 aromatic rings. The van der Waals surface area contributed by atoms with E-state index in [-0.39, 0.29) is 18.1 Å². The Kier molecular flexibility index (Phi) is 5.79. The Balaban J connectivity index is 1.54. The van der Waals surface area contributed by atoms with E-state index in [1.165, 1.54) is 0 Å². The lowest BCUT2D eigenvalue weighted by Gasteiger charge is -2.29. The predicted molar refractivity (Wildman–Crippen MR) is 130 cm³/mol. The molecule has 2 unspecified atom stereocenters. The topological polar surface area (TPSA) is 106 Å². The molecule has 1 saturated carbocycles. The molecule has 2 aromatic heterocycles. The Hall–Kier alpha value is -3.71. The van der Waals surface area contributed by atoms with E-state index in [2.05, 4.69) is 32.4 Å². The number of ether oxygens (including phenoxy) is 1. The van der Waals surface area contributed by atoms with Crippen molar-refractivity contribution in [3.8, 4) is 22.9 Å². The van der Waals surface area contributed by atoms with Gasteiger partial charge in [-0.2, -0.15) is 0 Å². The van der Waals surface area contributed by atoms with E-state index in [1.807, 2.05) is 37.3 Å². The molecule has 0 radical (unpaired) electrons. The summed E-state index contributed by atoms with van der Waals surface area (Å²) in [5, 5.41) is 16.0. The number of aryl methyl sites for hydroxylation is 1. The number of aliphatic hydroxyl groups excluding tert-OH is 1. The number of nitrogens with two attached hydrogens (primary N) is 1. The van der Waals surface area contributed by atoms with E-state index in [1.54, 1.807) is 18.5 Å². The molecule has 168 valence electrons. The molecule has 0 spiro atoms. The maximum absolute atomic E-state index is 10.4. The van der Waals surface area contributed by atoms with Gasteiger partial charge in [0.1, 0.15) is 5.75 Å². The fourth-order valence-electron chi connectivity index (χ4n) is 4.47. The molecule has 1 fully saturated rings. The van der Waals surface area contributed by atoms with E-state index in [0.29, 0.717) is 11.6 Å². The van der Waals surface area contributed by atoms with Gasteiger partial charge in [-0.25, -0.2) is 15.0 Å². The van der Waals surface area contributed by atoms with Gasteiger partial charge < -0.3 is 20.9 Å². The van der Waals surface area contributed by atoms with Crippen LogP contribution in [-0.4, -0.2) is 32.2 Å². The van der Waals surface area contributed by atoms with Crippen LogP contribution in [0.25, 0.3) is 22.0 Å². The maximum atomic E-state index is 10.4. The highest BCUT2D eigenvalue weighted by Crippen LogP contribution is 2.39. The molecule has 2 atom stereocenters. The molecule has 7 nitrogen and oxygen atoms in total. The number of benzene rings is 2. The third-order valence-corrected chi connectivity index (χ3v) is 6.20. The number of hydrogen-bond donors (Lipinski definition) is 3. The lowest BCUT2D eigenvalue weighted by Crippen LogP contribution is -2.36. The van der Waals surface area contributed by atoms with Crippen LogP contribution in [0, 0.1) is 6.92 Å². The smallest absolute Gasteiger partial charge is 0.228 e. The monoisotopic (exact) mass is 441 g/mol. The molecule has 2 heterocycles. The van der Waals surface area contributed by atoms with Crippen LogP contribution in [0.1, 0.15) is 31.2 Å². The molecule has 2 aromatic carbocycles. The number of hydrogen-bond acceptors (Lipinski definition) is 7. The molecule has 0 bridgehead atoms. The van der Waals surface area contributed by atoms with Crippen molar-refractivity contribution < 1.29 is 9.84 Å². The Morgan fingerprint density at radius 2 is 1.85 bits per heavy atom. The van der Waals surface area contributed by atoms with Gasteiger partial charge in [0, 0.05) is 28.9 Å². The van der Waals surface area contributed by atoms with Gasteiger partial charge in [-0.05, 0) is 49.6 Å². The third kappa shape index (κ3) is 4.32. The number of nitrogens with zero attached hydrogens (tertiary/aromatic N) is 3. The van der Waals surface area contributed by atoms with E-state index >= 15 is 0 Å². The van der Waals surface area contributed by atoms with Crippen molar-refractivity contribution in [2.45, 2.75) is 44.8 Å². The van der Waals surface area contributed by atoms with Crippen LogP contribution in [0.2, 0.25) is 0 Å². The van der Waals surface area contributed by atoms with Gasteiger partial charge in [0.05, 0.1) is 23.4 Å². The molecule has 0 saturated heterocycles.